The highest BCUT2D eigenvalue weighted by Crippen LogP contribution is 2.27. The summed E-state index contributed by atoms with van der Waals surface area (Å²) >= 11 is 0. The van der Waals surface area contributed by atoms with E-state index in [9.17, 15) is 0 Å². The van der Waals surface area contributed by atoms with Crippen LogP contribution in [-0.2, 0) is 0 Å². The fourth-order valence-corrected chi connectivity index (χ4v) is 3.02. The summed E-state index contributed by atoms with van der Waals surface area (Å²) in [4.78, 5) is 9.73. The van der Waals surface area contributed by atoms with Gasteiger partial charge in [0.1, 0.15) is 15.7 Å². The van der Waals surface area contributed by atoms with Crippen molar-refractivity contribution in [3.05, 3.63) is 84.4 Å². The molecular formula is C23H20B2N2. The van der Waals surface area contributed by atoms with Gasteiger partial charge in [0, 0.05) is 16.7 Å². The first-order valence-electron chi connectivity index (χ1n) is 9.19. The van der Waals surface area contributed by atoms with Crippen molar-refractivity contribution in [2.75, 3.05) is 0 Å². The molecule has 0 bridgehead atoms. The monoisotopic (exact) mass is 346 g/mol. The van der Waals surface area contributed by atoms with E-state index < -0.39 is 0 Å². The molecule has 0 radical (unpaired) electrons. The number of hydrogen-bond acceptors (Lipinski definition) is 2. The van der Waals surface area contributed by atoms with Gasteiger partial charge >= 0.3 is 0 Å². The van der Waals surface area contributed by atoms with Crippen molar-refractivity contribution in [1.82, 2.24) is 9.97 Å². The van der Waals surface area contributed by atoms with Gasteiger partial charge in [-0.1, -0.05) is 89.3 Å². The molecule has 1 aromatic heterocycles. The maximum atomic E-state index is 4.87. The Morgan fingerprint density at radius 3 is 1.41 bits per heavy atom. The van der Waals surface area contributed by atoms with Gasteiger partial charge in [0.05, 0.1) is 11.4 Å². The van der Waals surface area contributed by atoms with E-state index in [1.807, 2.05) is 0 Å². The third kappa shape index (κ3) is 3.85. The second-order valence-corrected chi connectivity index (χ2v) is 7.06. The summed E-state index contributed by atoms with van der Waals surface area (Å²) in [6, 6.07) is 27.4. The van der Waals surface area contributed by atoms with Crippen molar-refractivity contribution >= 4 is 26.6 Å². The number of rotatable bonds is 3. The van der Waals surface area contributed by atoms with Crippen LogP contribution in [0.3, 0.4) is 0 Å². The summed E-state index contributed by atoms with van der Waals surface area (Å²) < 4.78 is 0. The largest absolute Gasteiger partial charge is 0.228 e. The van der Waals surface area contributed by atoms with Gasteiger partial charge in [0.15, 0.2) is 5.82 Å². The van der Waals surface area contributed by atoms with Gasteiger partial charge in [0.25, 0.3) is 0 Å². The predicted molar refractivity (Wildman–Crippen MR) is 119 cm³/mol. The molecule has 0 saturated carbocycles. The Morgan fingerprint density at radius 2 is 0.963 bits per heavy atom. The van der Waals surface area contributed by atoms with E-state index in [4.69, 9.17) is 9.97 Å². The Bertz CT molecular complexity index is 917. The van der Waals surface area contributed by atoms with Gasteiger partial charge in [-0.15, -0.1) is 0 Å². The zero-order chi connectivity index (χ0) is 18.8. The Labute approximate surface area is 162 Å². The molecule has 1 heterocycles. The molecule has 0 aliphatic carbocycles. The van der Waals surface area contributed by atoms with Crippen LogP contribution in [-0.4, -0.2) is 25.7 Å². The van der Waals surface area contributed by atoms with Crippen LogP contribution in [0, 0.1) is 6.92 Å². The fraction of sp³-hybridized carbons (Fsp3) is 0.0435. The molecule has 0 spiro atoms. The zero-order valence-electron chi connectivity index (χ0n) is 15.9. The molecule has 2 nitrogen and oxygen atoms in total. The molecule has 0 atom stereocenters. The van der Waals surface area contributed by atoms with Crippen LogP contribution in [0.25, 0.3) is 33.9 Å². The van der Waals surface area contributed by atoms with Crippen LogP contribution in [0.4, 0.5) is 0 Å². The minimum atomic E-state index is 0.753. The number of nitrogens with zero attached hydrogens (tertiary/aromatic N) is 2. The lowest BCUT2D eigenvalue weighted by molar-refractivity contribution is 1.18. The van der Waals surface area contributed by atoms with E-state index in [1.165, 1.54) is 16.5 Å². The molecule has 3 aromatic carbocycles. The maximum Gasteiger partial charge on any atom is 0.160 e. The summed E-state index contributed by atoms with van der Waals surface area (Å²) in [7, 11) is 4.19. The van der Waals surface area contributed by atoms with Crippen molar-refractivity contribution in [3.63, 3.8) is 0 Å². The standard InChI is InChI=1S/C23H20B2N2/c1-15-2-4-18(5-3-15)23-26-21(16-6-10-19(24)11-7-16)14-22(27-23)17-8-12-20(25)13-9-17/h2-14H,24-25H2,1H3. The Balaban J connectivity index is 1.89. The lowest BCUT2D eigenvalue weighted by Crippen LogP contribution is -2.02. The van der Waals surface area contributed by atoms with E-state index >= 15 is 0 Å². The van der Waals surface area contributed by atoms with E-state index in [2.05, 4.69) is 101 Å². The minimum Gasteiger partial charge on any atom is -0.228 e. The average molecular weight is 346 g/mol. The van der Waals surface area contributed by atoms with Crippen LogP contribution >= 0.6 is 0 Å². The molecule has 0 fully saturated rings. The third-order valence-electron chi connectivity index (χ3n) is 4.73. The van der Waals surface area contributed by atoms with Gasteiger partial charge in [-0.3, -0.25) is 0 Å². The molecule has 4 aromatic rings. The second kappa shape index (κ2) is 7.24. The predicted octanol–water partition coefficient (Wildman–Crippen LogP) is 2.30. The first kappa shape index (κ1) is 17.3. The SMILES string of the molecule is Bc1ccc(-c2cc(-c3ccc(B)cc3)nc(-c3ccc(C)cc3)n2)cc1. The van der Waals surface area contributed by atoms with Gasteiger partial charge in [-0.2, -0.15) is 0 Å². The molecule has 0 aliphatic rings. The number of hydrogen-bond donors (Lipinski definition) is 0. The topological polar surface area (TPSA) is 25.8 Å². The summed E-state index contributed by atoms with van der Waals surface area (Å²) in [6.45, 7) is 2.09. The first-order chi connectivity index (χ1) is 13.1. The lowest BCUT2D eigenvalue weighted by atomic mass is 9.93. The molecule has 0 amide bonds. The minimum absolute atomic E-state index is 0.753. The van der Waals surface area contributed by atoms with Crippen molar-refractivity contribution in [1.29, 1.82) is 0 Å². The Kier molecular flexibility index (Phi) is 4.64. The quantitative estimate of drug-likeness (QED) is 0.532. The van der Waals surface area contributed by atoms with E-state index in [0.29, 0.717) is 0 Å². The molecular weight excluding hydrogens is 326 g/mol. The van der Waals surface area contributed by atoms with Crippen molar-refractivity contribution in [2.24, 2.45) is 0 Å². The summed E-state index contributed by atoms with van der Waals surface area (Å²) in [5, 5.41) is 0. The van der Waals surface area contributed by atoms with Gasteiger partial charge in [-0.05, 0) is 13.0 Å². The maximum absolute atomic E-state index is 4.87. The summed E-state index contributed by atoms with van der Waals surface area (Å²) in [6.07, 6.45) is 0. The van der Waals surface area contributed by atoms with Crippen molar-refractivity contribution in [2.45, 2.75) is 6.92 Å². The lowest BCUT2D eigenvalue weighted by Gasteiger charge is -2.10. The molecule has 0 unspecified atom stereocenters. The Hall–Kier alpha value is -3.13. The number of benzene rings is 3. The van der Waals surface area contributed by atoms with E-state index in [1.54, 1.807) is 0 Å². The second-order valence-electron chi connectivity index (χ2n) is 7.06. The zero-order valence-corrected chi connectivity index (χ0v) is 15.9. The number of aromatic nitrogens is 2. The fourth-order valence-electron chi connectivity index (χ4n) is 3.02. The highest BCUT2D eigenvalue weighted by atomic mass is 14.9. The molecule has 128 valence electrons. The summed E-state index contributed by atoms with van der Waals surface area (Å²) in [5.41, 5.74) is 8.83. The third-order valence-corrected chi connectivity index (χ3v) is 4.73. The number of aryl methyl sites for hydroxylation is 1. The highest BCUT2D eigenvalue weighted by molar-refractivity contribution is 6.32. The Morgan fingerprint density at radius 1 is 0.556 bits per heavy atom. The van der Waals surface area contributed by atoms with E-state index in [-0.39, 0.29) is 0 Å². The van der Waals surface area contributed by atoms with Crippen LogP contribution in [0.5, 0.6) is 0 Å². The summed E-state index contributed by atoms with van der Waals surface area (Å²) in [5.74, 6) is 0.753. The molecule has 4 heteroatoms. The van der Waals surface area contributed by atoms with E-state index in [0.717, 1.165) is 33.9 Å². The van der Waals surface area contributed by atoms with Crippen LogP contribution < -0.4 is 10.9 Å². The van der Waals surface area contributed by atoms with Crippen LogP contribution in [0.15, 0.2) is 78.9 Å². The van der Waals surface area contributed by atoms with Gasteiger partial charge < -0.3 is 0 Å². The van der Waals surface area contributed by atoms with Crippen LogP contribution in [0.1, 0.15) is 5.56 Å². The molecule has 4 rings (SSSR count). The average Bonchev–Trinajstić information content (AvgIpc) is 2.69. The van der Waals surface area contributed by atoms with Crippen molar-refractivity contribution in [3.8, 4) is 33.9 Å². The highest BCUT2D eigenvalue weighted by Gasteiger charge is 2.10. The molecule has 27 heavy (non-hydrogen) atoms. The van der Waals surface area contributed by atoms with Gasteiger partial charge in [0.2, 0.25) is 0 Å². The smallest absolute Gasteiger partial charge is 0.160 e. The van der Waals surface area contributed by atoms with Gasteiger partial charge in [-0.25, -0.2) is 9.97 Å². The molecule has 0 saturated heterocycles. The van der Waals surface area contributed by atoms with Crippen LogP contribution in [0.2, 0.25) is 0 Å². The molecule has 0 N–H and O–H groups in total. The normalized spacial score (nSPS) is 10.7. The first-order valence-corrected chi connectivity index (χ1v) is 9.19. The molecule has 0 aliphatic heterocycles. The van der Waals surface area contributed by atoms with Crippen molar-refractivity contribution < 1.29 is 0 Å².